The van der Waals surface area contributed by atoms with Gasteiger partial charge in [0.25, 0.3) is 0 Å². The number of allylic oxidation sites excluding steroid dienone is 1. The van der Waals surface area contributed by atoms with E-state index in [1.807, 2.05) is 4.57 Å². The number of thioether (sulfide) groups is 1. The molecule has 0 radical (unpaired) electrons. The molecule has 0 bridgehead atoms. The number of halogens is 2. The molecule has 3 aromatic rings. The highest BCUT2D eigenvalue weighted by Gasteiger charge is 2.21. The van der Waals surface area contributed by atoms with Crippen LogP contribution in [0.25, 0.3) is 11.4 Å². The Morgan fingerprint density at radius 3 is 2.79 bits per heavy atom. The van der Waals surface area contributed by atoms with Gasteiger partial charge in [0.2, 0.25) is 5.91 Å². The molecular weight excluding hydrogens is 509 g/mol. The average Bonchev–Trinajstić information content (AvgIpc) is 3.33. The molecule has 1 aliphatic carbocycles. The number of carbonyl (C=O) groups excluding carboxylic acids is 1. The zero-order chi connectivity index (χ0) is 24.1. The van der Waals surface area contributed by atoms with Crippen LogP contribution < -0.4 is 5.32 Å². The normalized spacial score (nSPS) is 13.4. The third kappa shape index (κ3) is 5.49. The standard InChI is InChI=1S/C24H23Cl2N5OS2/c1-2-11-31-22(17-10-9-15(25)12-19(17)26)29-30-24(31)33-14-21(32)28-23-18(13-27)16-7-5-3-4-6-8-20(16)34-23/h2,9-10,12H,1,3-8,11,14H2,(H,28,32). The second kappa shape index (κ2) is 11.4. The molecular formula is C24H23Cl2N5OS2. The van der Waals surface area contributed by atoms with E-state index in [2.05, 4.69) is 28.2 Å². The Balaban J connectivity index is 1.49. The number of hydrogen-bond acceptors (Lipinski definition) is 6. The zero-order valence-electron chi connectivity index (χ0n) is 18.4. The van der Waals surface area contributed by atoms with E-state index in [1.165, 1.54) is 40.8 Å². The number of thiophene rings is 1. The van der Waals surface area contributed by atoms with Crippen LogP contribution in [0.2, 0.25) is 10.0 Å². The molecule has 0 saturated carbocycles. The Morgan fingerprint density at radius 1 is 1.26 bits per heavy atom. The zero-order valence-corrected chi connectivity index (χ0v) is 21.6. The van der Waals surface area contributed by atoms with E-state index in [0.717, 1.165) is 31.2 Å². The molecule has 176 valence electrons. The largest absolute Gasteiger partial charge is 0.316 e. The van der Waals surface area contributed by atoms with Gasteiger partial charge in [-0.3, -0.25) is 9.36 Å². The summed E-state index contributed by atoms with van der Waals surface area (Å²) < 4.78 is 1.86. The van der Waals surface area contributed by atoms with Crippen LogP contribution in [0.1, 0.15) is 41.7 Å². The van der Waals surface area contributed by atoms with E-state index in [4.69, 9.17) is 23.2 Å². The first-order valence-corrected chi connectivity index (χ1v) is 13.5. The summed E-state index contributed by atoms with van der Waals surface area (Å²) in [5, 5.41) is 23.5. The third-order valence-corrected chi connectivity index (χ3v) is 8.29. The molecule has 0 fully saturated rings. The molecule has 34 heavy (non-hydrogen) atoms. The van der Waals surface area contributed by atoms with Crippen LogP contribution in [-0.2, 0) is 24.2 Å². The minimum absolute atomic E-state index is 0.136. The molecule has 1 N–H and O–H groups in total. The van der Waals surface area contributed by atoms with E-state index < -0.39 is 0 Å². The van der Waals surface area contributed by atoms with Crippen molar-refractivity contribution in [2.75, 3.05) is 11.1 Å². The molecule has 1 amide bonds. The lowest BCUT2D eigenvalue weighted by molar-refractivity contribution is -0.113. The Labute approximate surface area is 217 Å². The van der Waals surface area contributed by atoms with Gasteiger partial charge in [0.15, 0.2) is 11.0 Å². The number of rotatable bonds is 7. The SMILES string of the molecule is C=CCn1c(SCC(=O)Nc2sc3c(c2C#N)CCCCCC3)nnc1-c1ccc(Cl)cc1Cl. The second-order valence-electron chi connectivity index (χ2n) is 7.90. The highest BCUT2D eigenvalue weighted by atomic mass is 35.5. The predicted molar refractivity (Wildman–Crippen MR) is 140 cm³/mol. The average molecular weight is 533 g/mol. The predicted octanol–water partition coefficient (Wildman–Crippen LogP) is 6.76. The molecule has 2 heterocycles. The first-order chi connectivity index (χ1) is 16.5. The van der Waals surface area contributed by atoms with Crippen LogP contribution >= 0.6 is 46.3 Å². The van der Waals surface area contributed by atoms with Crippen molar-refractivity contribution in [3.63, 3.8) is 0 Å². The topological polar surface area (TPSA) is 83.6 Å². The number of aromatic nitrogens is 3. The number of aryl methyl sites for hydroxylation is 1. The van der Waals surface area contributed by atoms with Crippen molar-refractivity contribution in [3.8, 4) is 17.5 Å². The maximum atomic E-state index is 12.8. The lowest BCUT2D eigenvalue weighted by Gasteiger charge is -2.09. The van der Waals surface area contributed by atoms with E-state index in [-0.39, 0.29) is 11.7 Å². The van der Waals surface area contributed by atoms with Gasteiger partial charge in [-0.25, -0.2) is 0 Å². The highest BCUT2D eigenvalue weighted by Crippen LogP contribution is 2.37. The quantitative estimate of drug-likeness (QED) is 0.269. The lowest BCUT2D eigenvalue weighted by Crippen LogP contribution is -2.14. The number of fused-ring (bicyclic) bond motifs is 1. The van der Waals surface area contributed by atoms with Crippen molar-refractivity contribution in [1.29, 1.82) is 5.26 Å². The van der Waals surface area contributed by atoms with Crippen molar-refractivity contribution in [2.24, 2.45) is 0 Å². The summed E-state index contributed by atoms with van der Waals surface area (Å²) in [5.74, 6) is 0.529. The molecule has 0 saturated heterocycles. The van der Waals surface area contributed by atoms with E-state index in [0.29, 0.717) is 43.7 Å². The smallest absolute Gasteiger partial charge is 0.235 e. The highest BCUT2D eigenvalue weighted by molar-refractivity contribution is 7.99. The Kier molecular flexibility index (Phi) is 8.32. The van der Waals surface area contributed by atoms with Gasteiger partial charge in [-0.05, 0) is 49.4 Å². The molecule has 0 atom stereocenters. The second-order valence-corrected chi connectivity index (χ2v) is 10.8. The lowest BCUT2D eigenvalue weighted by atomic mass is 9.97. The van der Waals surface area contributed by atoms with Crippen molar-refractivity contribution < 1.29 is 4.79 Å². The number of benzene rings is 1. The van der Waals surface area contributed by atoms with Gasteiger partial charge < -0.3 is 5.32 Å². The van der Waals surface area contributed by atoms with Crippen molar-refractivity contribution >= 4 is 57.2 Å². The first-order valence-electron chi connectivity index (χ1n) is 11.0. The molecule has 10 heteroatoms. The van der Waals surface area contributed by atoms with Gasteiger partial charge in [0.1, 0.15) is 11.1 Å². The number of anilines is 1. The summed E-state index contributed by atoms with van der Waals surface area (Å²) in [4.78, 5) is 14.0. The van der Waals surface area contributed by atoms with E-state index in [9.17, 15) is 10.1 Å². The summed E-state index contributed by atoms with van der Waals surface area (Å²) in [6, 6.07) is 7.51. The molecule has 0 aliphatic heterocycles. The Morgan fingerprint density at radius 2 is 2.06 bits per heavy atom. The van der Waals surface area contributed by atoms with Crippen LogP contribution in [-0.4, -0.2) is 26.4 Å². The summed E-state index contributed by atoms with van der Waals surface area (Å²) in [6.45, 7) is 4.27. The number of nitrogens with one attached hydrogen (secondary N) is 1. The number of carbonyl (C=O) groups is 1. The number of amides is 1. The number of hydrogen-bond donors (Lipinski definition) is 1. The van der Waals surface area contributed by atoms with Crippen LogP contribution in [0.15, 0.2) is 36.0 Å². The van der Waals surface area contributed by atoms with Gasteiger partial charge in [0, 0.05) is 22.0 Å². The fourth-order valence-corrected chi connectivity index (χ4v) is 6.47. The summed E-state index contributed by atoms with van der Waals surface area (Å²) in [6.07, 6.45) is 8.22. The summed E-state index contributed by atoms with van der Waals surface area (Å²) in [7, 11) is 0. The summed E-state index contributed by atoms with van der Waals surface area (Å²) in [5.41, 5.74) is 2.44. The van der Waals surface area contributed by atoms with Gasteiger partial charge >= 0.3 is 0 Å². The fraction of sp³-hybridized carbons (Fsp3) is 0.333. The fourth-order valence-electron chi connectivity index (χ4n) is 3.98. The van der Waals surface area contributed by atoms with Crippen molar-refractivity contribution in [3.05, 3.63) is 56.9 Å². The van der Waals surface area contributed by atoms with E-state index >= 15 is 0 Å². The maximum absolute atomic E-state index is 12.8. The molecule has 1 aliphatic rings. The van der Waals surface area contributed by atoms with Crippen LogP contribution in [0.5, 0.6) is 0 Å². The maximum Gasteiger partial charge on any atom is 0.235 e. The van der Waals surface area contributed by atoms with Crippen LogP contribution in [0.4, 0.5) is 5.00 Å². The number of nitrogens with zero attached hydrogens (tertiary/aromatic N) is 4. The molecule has 4 rings (SSSR count). The van der Waals surface area contributed by atoms with Crippen molar-refractivity contribution in [1.82, 2.24) is 14.8 Å². The van der Waals surface area contributed by atoms with Gasteiger partial charge in [0.05, 0.1) is 16.3 Å². The van der Waals surface area contributed by atoms with Crippen molar-refractivity contribution in [2.45, 2.75) is 50.2 Å². The molecule has 2 aromatic heterocycles. The number of nitriles is 1. The van der Waals surface area contributed by atoms with Gasteiger partial charge in [-0.2, -0.15) is 5.26 Å². The Hall–Kier alpha value is -2.31. The summed E-state index contributed by atoms with van der Waals surface area (Å²) >= 11 is 15.2. The van der Waals surface area contributed by atoms with E-state index in [1.54, 1.807) is 24.3 Å². The minimum atomic E-state index is -0.185. The van der Waals surface area contributed by atoms with Gasteiger partial charge in [-0.15, -0.1) is 28.1 Å². The third-order valence-electron chi connectivity index (χ3n) is 5.57. The Bertz CT molecular complexity index is 1260. The van der Waals surface area contributed by atoms with Crippen LogP contribution in [0, 0.1) is 11.3 Å². The van der Waals surface area contributed by atoms with Crippen LogP contribution in [0.3, 0.4) is 0 Å². The minimum Gasteiger partial charge on any atom is -0.316 e. The molecule has 0 spiro atoms. The molecule has 1 aromatic carbocycles. The monoisotopic (exact) mass is 531 g/mol. The molecule has 6 nitrogen and oxygen atoms in total. The molecule has 0 unspecified atom stereocenters. The first kappa shape index (κ1) is 24.8. The van der Waals surface area contributed by atoms with Gasteiger partial charge in [-0.1, -0.05) is 53.9 Å².